The van der Waals surface area contributed by atoms with Crippen molar-refractivity contribution >= 4 is 21.8 Å². The molecule has 0 aromatic heterocycles. The highest BCUT2D eigenvalue weighted by molar-refractivity contribution is 9.10. The molecule has 0 saturated carbocycles. The Kier molecular flexibility index (Phi) is 4.74. The first-order valence-electron chi connectivity index (χ1n) is 5.85. The number of halogens is 3. The fourth-order valence-corrected chi connectivity index (χ4v) is 2.13. The van der Waals surface area contributed by atoms with Gasteiger partial charge >= 0.3 is 0 Å². The molecule has 0 bridgehead atoms. The van der Waals surface area contributed by atoms with Gasteiger partial charge in [0.1, 0.15) is 6.61 Å². The molecule has 0 amide bonds. The molecule has 0 aliphatic rings. The summed E-state index contributed by atoms with van der Waals surface area (Å²) in [6.45, 7) is 0.0101. The summed E-state index contributed by atoms with van der Waals surface area (Å²) in [6.07, 6.45) is 0. The van der Waals surface area contributed by atoms with Crippen molar-refractivity contribution < 1.29 is 18.7 Å². The van der Waals surface area contributed by atoms with Gasteiger partial charge in [-0.1, -0.05) is 33.2 Å². The third-order valence-corrected chi connectivity index (χ3v) is 3.17. The Morgan fingerprint density at radius 3 is 2.48 bits per heavy atom. The molecule has 2 aromatic carbocycles. The lowest BCUT2D eigenvalue weighted by molar-refractivity contribution is 0.274. The largest absolute Gasteiger partial charge is 0.483 e. The number of benzene rings is 2. The SMILES string of the molecule is N/C(=N/O)c1cc(F)c(OCc2cccc(Br)c2)c(F)c1. The van der Waals surface area contributed by atoms with Gasteiger partial charge in [-0.25, -0.2) is 8.78 Å². The maximum absolute atomic E-state index is 13.8. The predicted octanol–water partition coefficient (Wildman–Crippen LogP) is 3.40. The molecule has 0 heterocycles. The Hall–Kier alpha value is -2.15. The second-order valence-electron chi connectivity index (χ2n) is 4.17. The van der Waals surface area contributed by atoms with E-state index < -0.39 is 17.4 Å². The van der Waals surface area contributed by atoms with Crippen molar-refractivity contribution in [1.82, 2.24) is 0 Å². The van der Waals surface area contributed by atoms with Gasteiger partial charge in [-0.3, -0.25) is 0 Å². The number of ether oxygens (including phenoxy) is 1. The first-order chi connectivity index (χ1) is 10.0. The zero-order chi connectivity index (χ0) is 15.4. The summed E-state index contributed by atoms with van der Waals surface area (Å²) in [4.78, 5) is 0. The summed E-state index contributed by atoms with van der Waals surface area (Å²) in [6, 6.07) is 9.04. The minimum atomic E-state index is -0.924. The Bertz CT molecular complexity index is 669. The van der Waals surface area contributed by atoms with Gasteiger partial charge in [-0.15, -0.1) is 0 Å². The monoisotopic (exact) mass is 356 g/mol. The van der Waals surface area contributed by atoms with Gasteiger partial charge in [0.05, 0.1) is 0 Å². The average molecular weight is 357 g/mol. The van der Waals surface area contributed by atoms with E-state index in [1.165, 1.54) is 0 Å². The zero-order valence-electron chi connectivity index (χ0n) is 10.7. The second kappa shape index (κ2) is 6.53. The Balaban J connectivity index is 2.21. The molecule has 0 saturated heterocycles. The number of nitrogens with zero attached hydrogens (tertiary/aromatic N) is 1. The van der Waals surface area contributed by atoms with E-state index >= 15 is 0 Å². The van der Waals surface area contributed by atoms with Gasteiger partial charge in [0.2, 0.25) is 0 Å². The molecule has 0 fully saturated rings. The number of hydrogen-bond donors (Lipinski definition) is 2. The van der Waals surface area contributed by atoms with Crippen LogP contribution in [0.15, 0.2) is 46.0 Å². The summed E-state index contributed by atoms with van der Waals surface area (Å²) >= 11 is 3.30. The fourth-order valence-electron chi connectivity index (χ4n) is 1.69. The minimum absolute atomic E-state index is 0.0101. The Labute approximate surface area is 128 Å². The highest BCUT2D eigenvalue weighted by atomic mass is 79.9. The van der Waals surface area contributed by atoms with Gasteiger partial charge in [0, 0.05) is 10.0 Å². The van der Waals surface area contributed by atoms with E-state index in [1.807, 2.05) is 6.07 Å². The molecule has 2 aromatic rings. The van der Waals surface area contributed by atoms with Crippen molar-refractivity contribution in [3.05, 3.63) is 63.6 Å². The molecule has 0 atom stereocenters. The molecule has 0 aliphatic carbocycles. The van der Waals surface area contributed by atoms with Crippen LogP contribution in [0.3, 0.4) is 0 Å². The van der Waals surface area contributed by atoms with Crippen LogP contribution in [-0.2, 0) is 6.61 Å². The molecule has 7 heteroatoms. The van der Waals surface area contributed by atoms with Crippen LogP contribution in [0.25, 0.3) is 0 Å². The highest BCUT2D eigenvalue weighted by Gasteiger charge is 2.14. The number of nitrogens with two attached hydrogens (primary N) is 1. The van der Waals surface area contributed by atoms with Gasteiger partial charge in [0.25, 0.3) is 0 Å². The van der Waals surface area contributed by atoms with Crippen LogP contribution in [0.2, 0.25) is 0 Å². The van der Waals surface area contributed by atoms with E-state index in [-0.39, 0.29) is 18.0 Å². The van der Waals surface area contributed by atoms with Crippen LogP contribution in [0, 0.1) is 11.6 Å². The molecule has 0 unspecified atom stereocenters. The summed E-state index contributed by atoms with van der Waals surface area (Å²) in [7, 11) is 0. The van der Waals surface area contributed by atoms with E-state index in [0.29, 0.717) is 0 Å². The number of hydrogen-bond acceptors (Lipinski definition) is 3. The van der Waals surface area contributed by atoms with Crippen LogP contribution < -0.4 is 10.5 Å². The van der Waals surface area contributed by atoms with Crippen molar-refractivity contribution in [1.29, 1.82) is 0 Å². The van der Waals surface area contributed by atoms with Crippen LogP contribution in [0.1, 0.15) is 11.1 Å². The lowest BCUT2D eigenvalue weighted by Gasteiger charge is -2.10. The second-order valence-corrected chi connectivity index (χ2v) is 5.09. The molecular formula is C14H11BrF2N2O2. The molecule has 0 radical (unpaired) electrons. The minimum Gasteiger partial charge on any atom is -0.483 e. The van der Waals surface area contributed by atoms with Crippen LogP contribution in [0.4, 0.5) is 8.78 Å². The first-order valence-corrected chi connectivity index (χ1v) is 6.64. The van der Waals surface area contributed by atoms with E-state index in [0.717, 1.165) is 22.2 Å². The summed E-state index contributed by atoms with van der Waals surface area (Å²) in [5, 5.41) is 11.2. The van der Waals surface area contributed by atoms with Crippen molar-refractivity contribution in [2.75, 3.05) is 0 Å². The van der Waals surface area contributed by atoms with Crippen molar-refractivity contribution in [3.63, 3.8) is 0 Å². The van der Waals surface area contributed by atoms with Gasteiger partial charge in [-0.05, 0) is 29.8 Å². The quantitative estimate of drug-likeness (QED) is 0.381. The first kappa shape index (κ1) is 15.2. The summed E-state index contributed by atoms with van der Waals surface area (Å²) in [5.41, 5.74) is 5.97. The van der Waals surface area contributed by atoms with E-state index in [2.05, 4.69) is 21.1 Å². The lowest BCUT2D eigenvalue weighted by atomic mass is 10.2. The maximum atomic E-state index is 13.8. The van der Waals surface area contributed by atoms with Crippen molar-refractivity contribution in [3.8, 4) is 5.75 Å². The Morgan fingerprint density at radius 2 is 1.90 bits per heavy atom. The molecule has 0 aliphatic heterocycles. The standard InChI is InChI=1S/C14H11BrF2N2O2/c15-10-3-1-2-8(4-10)7-21-13-11(16)5-9(6-12(13)17)14(18)19-20/h1-6,20H,7H2,(H2,18,19). The fraction of sp³-hybridized carbons (Fsp3) is 0.0714. The van der Waals surface area contributed by atoms with Gasteiger partial charge in [0.15, 0.2) is 23.2 Å². The average Bonchev–Trinajstić information content (AvgIpc) is 2.45. The van der Waals surface area contributed by atoms with Crippen molar-refractivity contribution in [2.45, 2.75) is 6.61 Å². The van der Waals surface area contributed by atoms with Crippen molar-refractivity contribution in [2.24, 2.45) is 10.9 Å². The van der Waals surface area contributed by atoms with Gasteiger partial charge < -0.3 is 15.7 Å². The molecular weight excluding hydrogens is 346 g/mol. The van der Waals surface area contributed by atoms with E-state index in [9.17, 15) is 8.78 Å². The van der Waals surface area contributed by atoms with E-state index in [4.69, 9.17) is 15.7 Å². The third kappa shape index (κ3) is 3.69. The Morgan fingerprint density at radius 1 is 1.24 bits per heavy atom. The third-order valence-electron chi connectivity index (χ3n) is 2.67. The highest BCUT2D eigenvalue weighted by Crippen LogP contribution is 2.24. The maximum Gasteiger partial charge on any atom is 0.191 e. The van der Waals surface area contributed by atoms with E-state index in [1.54, 1.807) is 18.2 Å². The molecule has 4 nitrogen and oxygen atoms in total. The lowest BCUT2D eigenvalue weighted by Crippen LogP contribution is -2.14. The zero-order valence-corrected chi connectivity index (χ0v) is 12.3. The van der Waals surface area contributed by atoms with Crippen LogP contribution >= 0.6 is 15.9 Å². The number of amidine groups is 1. The topological polar surface area (TPSA) is 67.8 Å². The molecule has 3 N–H and O–H groups in total. The van der Waals surface area contributed by atoms with Crippen LogP contribution in [0.5, 0.6) is 5.75 Å². The number of rotatable bonds is 4. The predicted molar refractivity (Wildman–Crippen MR) is 77.3 cm³/mol. The number of oxime groups is 1. The smallest absolute Gasteiger partial charge is 0.191 e. The summed E-state index contributed by atoms with van der Waals surface area (Å²) < 4.78 is 33.6. The molecule has 2 rings (SSSR count). The molecule has 21 heavy (non-hydrogen) atoms. The van der Waals surface area contributed by atoms with Gasteiger partial charge in [-0.2, -0.15) is 0 Å². The normalized spacial score (nSPS) is 11.5. The molecule has 0 spiro atoms. The molecule has 110 valence electrons. The van der Waals surface area contributed by atoms with Crippen LogP contribution in [-0.4, -0.2) is 11.0 Å². The summed E-state index contributed by atoms with van der Waals surface area (Å²) in [5.74, 6) is -2.74.